The Kier molecular flexibility index (Phi) is 2.66. The van der Waals surface area contributed by atoms with E-state index in [2.05, 4.69) is 10.2 Å². The highest BCUT2D eigenvalue weighted by atomic mass is 32.2. The number of nitrogens with zero attached hydrogens (tertiary/aromatic N) is 3. The zero-order valence-corrected chi connectivity index (χ0v) is 8.90. The van der Waals surface area contributed by atoms with E-state index in [9.17, 15) is 13.2 Å². The standard InChI is InChI=1S/C8H10F3N3S/c1-2-5-3-4-15-7-13-12-6(14(5)7)8(9,10)11/h5H,2-4H2,1H3. The highest BCUT2D eigenvalue weighted by molar-refractivity contribution is 7.99. The quantitative estimate of drug-likeness (QED) is 0.752. The van der Waals surface area contributed by atoms with Crippen LogP contribution >= 0.6 is 11.8 Å². The Morgan fingerprint density at radius 1 is 1.47 bits per heavy atom. The summed E-state index contributed by atoms with van der Waals surface area (Å²) in [5.74, 6) is -0.0503. The molecule has 0 spiro atoms. The Hall–Kier alpha value is -0.720. The second-order valence-corrected chi connectivity index (χ2v) is 4.44. The van der Waals surface area contributed by atoms with Gasteiger partial charge in [-0.25, -0.2) is 0 Å². The molecule has 3 nitrogen and oxygen atoms in total. The van der Waals surface area contributed by atoms with Gasteiger partial charge in [-0.2, -0.15) is 13.2 Å². The molecule has 0 N–H and O–H groups in total. The molecule has 2 heterocycles. The van der Waals surface area contributed by atoms with E-state index in [4.69, 9.17) is 0 Å². The SMILES string of the molecule is CCC1CCSc2nnc(C(F)(F)F)n21. The average Bonchev–Trinajstić information content (AvgIpc) is 2.59. The molecule has 0 amide bonds. The minimum Gasteiger partial charge on any atom is -0.295 e. The Labute approximate surface area is 89.1 Å². The van der Waals surface area contributed by atoms with Crippen LogP contribution in [0.1, 0.15) is 31.6 Å². The molecule has 0 aliphatic carbocycles. The Bertz CT molecular complexity index is 361. The highest BCUT2D eigenvalue weighted by Gasteiger charge is 2.40. The molecule has 0 radical (unpaired) electrons. The van der Waals surface area contributed by atoms with Gasteiger partial charge in [-0.3, -0.25) is 4.57 Å². The normalized spacial score (nSPS) is 21.5. The maximum absolute atomic E-state index is 12.6. The fourth-order valence-electron chi connectivity index (χ4n) is 1.70. The molecule has 15 heavy (non-hydrogen) atoms. The molecule has 0 fully saturated rings. The van der Waals surface area contributed by atoms with Gasteiger partial charge in [-0.1, -0.05) is 18.7 Å². The van der Waals surface area contributed by atoms with Crippen LogP contribution in [0.4, 0.5) is 13.2 Å². The summed E-state index contributed by atoms with van der Waals surface area (Å²) in [5.41, 5.74) is 0. The van der Waals surface area contributed by atoms with Crippen molar-refractivity contribution in [3.8, 4) is 0 Å². The minimum atomic E-state index is -4.41. The summed E-state index contributed by atoms with van der Waals surface area (Å²) in [4.78, 5) is 0. The van der Waals surface area contributed by atoms with E-state index in [1.807, 2.05) is 6.92 Å². The summed E-state index contributed by atoms with van der Waals surface area (Å²) in [6, 6.07) is -0.118. The number of halogens is 3. The first kappa shape index (κ1) is 10.8. The number of hydrogen-bond donors (Lipinski definition) is 0. The second kappa shape index (κ2) is 3.70. The van der Waals surface area contributed by atoms with E-state index < -0.39 is 12.0 Å². The molecule has 7 heteroatoms. The fraction of sp³-hybridized carbons (Fsp3) is 0.750. The third kappa shape index (κ3) is 1.84. The van der Waals surface area contributed by atoms with E-state index in [1.54, 1.807) is 0 Å². The van der Waals surface area contributed by atoms with E-state index in [1.165, 1.54) is 16.3 Å². The molecule has 1 aromatic rings. The van der Waals surface area contributed by atoms with Crippen LogP contribution in [0.3, 0.4) is 0 Å². The number of fused-ring (bicyclic) bond motifs is 1. The van der Waals surface area contributed by atoms with Crippen molar-refractivity contribution < 1.29 is 13.2 Å². The summed E-state index contributed by atoms with van der Waals surface area (Å²) in [6.45, 7) is 1.88. The monoisotopic (exact) mass is 237 g/mol. The van der Waals surface area contributed by atoms with Gasteiger partial charge in [-0.05, 0) is 12.8 Å². The minimum absolute atomic E-state index is 0.118. The number of aromatic nitrogens is 3. The topological polar surface area (TPSA) is 30.7 Å². The lowest BCUT2D eigenvalue weighted by Gasteiger charge is -2.24. The highest BCUT2D eigenvalue weighted by Crippen LogP contribution is 2.38. The van der Waals surface area contributed by atoms with Gasteiger partial charge in [-0.15, -0.1) is 10.2 Å². The lowest BCUT2D eigenvalue weighted by molar-refractivity contribution is -0.148. The van der Waals surface area contributed by atoms with Crippen molar-refractivity contribution in [2.24, 2.45) is 0 Å². The van der Waals surface area contributed by atoms with Crippen LogP contribution in [-0.2, 0) is 6.18 Å². The van der Waals surface area contributed by atoms with Crippen molar-refractivity contribution in [2.75, 3.05) is 5.75 Å². The first-order valence-electron chi connectivity index (χ1n) is 4.69. The van der Waals surface area contributed by atoms with Gasteiger partial charge in [0.15, 0.2) is 5.16 Å². The number of thioether (sulfide) groups is 1. The maximum Gasteiger partial charge on any atom is 0.451 e. The third-order valence-electron chi connectivity index (χ3n) is 2.44. The summed E-state index contributed by atoms with van der Waals surface area (Å²) in [6.07, 6.45) is -2.99. The van der Waals surface area contributed by atoms with Gasteiger partial charge in [0.2, 0.25) is 5.82 Å². The molecular weight excluding hydrogens is 227 g/mol. The smallest absolute Gasteiger partial charge is 0.295 e. The second-order valence-electron chi connectivity index (χ2n) is 3.37. The molecule has 0 aromatic carbocycles. The number of alkyl halides is 3. The van der Waals surface area contributed by atoms with E-state index in [0.717, 1.165) is 12.2 Å². The van der Waals surface area contributed by atoms with Crippen LogP contribution in [0, 0.1) is 0 Å². The van der Waals surface area contributed by atoms with Crippen LogP contribution in [-0.4, -0.2) is 20.5 Å². The first-order chi connectivity index (χ1) is 7.04. The third-order valence-corrected chi connectivity index (χ3v) is 3.41. The van der Waals surface area contributed by atoms with Crippen molar-refractivity contribution in [1.82, 2.24) is 14.8 Å². The Morgan fingerprint density at radius 2 is 2.20 bits per heavy atom. The Balaban J connectivity index is 2.47. The first-order valence-corrected chi connectivity index (χ1v) is 5.67. The molecule has 0 saturated carbocycles. The molecule has 0 saturated heterocycles. The van der Waals surface area contributed by atoms with E-state index in [0.29, 0.717) is 11.6 Å². The molecule has 1 aliphatic rings. The molecule has 1 aliphatic heterocycles. The lowest BCUT2D eigenvalue weighted by atomic mass is 10.1. The molecule has 1 unspecified atom stereocenters. The molecule has 2 rings (SSSR count). The predicted molar refractivity (Wildman–Crippen MR) is 49.7 cm³/mol. The van der Waals surface area contributed by atoms with E-state index >= 15 is 0 Å². The van der Waals surface area contributed by atoms with Crippen LogP contribution in [0.25, 0.3) is 0 Å². The lowest BCUT2D eigenvalue weighted by Crippen LogP contribution is -2.22. The molecular formula is C8H10F3N3S. The van der Waals surface area contributed by atoms with Gasteiger partial charge < -0.3 is 0 Å². The molecule has 0 bridgehead atoms. The van der Waals surface area contributed by atoms with Crippen LogP contribution in [0.15, 0.2) is 5.16 Å². The number of rotatable bonds is 1. The van der Waals surface area contributed by atoms with E-state index in [-0.39, 0.29) is 6.04 Å². The van der Waals surface area contributed by atoms with Gasteiger partial charge in [0.05, 0.1) is 0 Å². The number of hydrogen-bond acceptors (Lipinski definition) is 3. The average molecular weight is 237 g/mol. The summed E-state index contributed by atoms with van der Waals surface area (Å²) in [5, 5.41) is 7.20. The van der Waals surface area contributed by atoms with Crippen LogP contribution < -0.4 is 0 Å². The van der Waals surface area contributed by atoms with Crippen LogP contribution in [0.2, 0.25) is 0 Å². The maximum atomic E-state index is 12.6. The van der Waals surface area contributed by atoms with Crippen molar-refractivity contribution in [3.63, 3.8) is 0 Å². The van der Waals surface area contributed by atoms with Crippen molar-refractivity contribution in [2.45, 2.75) is 37.1 Å². The predicted octanol–water partition coefficient (Wildman–Crippen LogP) is 2.74. The fourth-order valence-corrected chi connectivity index (χ4v) is 2.75. The van der Waals surface area contributed by atoms with Crippen molar-refractivity contribution in [3.05, 3.63) is 5.82 Å². The molecule has 1 aromatic heterocycles. The zero-order valence-electron chi connectivity index (χ0n) is 8.08. The summed E-state index contributed by atoms with van der Waals surface area (Å²) in [7, 11) is 0. The summed E-state index contributed by atoms with van der Waals surface area (Å²) < 4.78 is 39.0. The molecule has 84 valence electrons. The summed E-state index contributed by atoms with van der Waals surface area (Å²) >= 11 is 1.33. The Morgan fingerprint density at radius 3 is 2.80 bits per heavy atom. The van der Waals surface area contributed by atoms with Crippen LogP contribution in [0.5, 0.6) is 0 Å². The zero-order chi connectivity index (χ0) is 11.1. The van der Waals surface area contributed by atoms with Gasteiger partial charge in [0, 0.05) is 11.8 Å². The van der Waals surface area contributed by atoms with Crippen molar-refractivity contribution in [1.29, 1.82) is 0 Å². The van der Waals surface area contributed by atoms with Gasteiger partial charge >= 0.3 is 6.18 Å². The van der Waals surface area contributed by atoms with Gasteiger partial charge in [0.1, 0.15) is 0 Å². The largest absolute Gasteiger partial charge is 0.451 e. The van der Waals surface area contributed by atoms with Gasteiger partial charge in [0.25, 0.3) is 0 Å². The van der Waals surface area contributed by atoms with Crippen molar-refractivity contribution >= 4 is 11.8 Å². The molecule has 1 atom stereocenters.